The van der Waals surface area contributed by atoms with E-state index in [9.17, 15) is 4.79 Å². The molecule has 3 heterocycles. The Morgan fingerprint density at radius 3 is 2.52 bits per heavy atom. The number of hydrogen-bond acceptors (Lipinski definition) is 7. The van der Waals surface area contributed by atoms with Gasteiger partial charge in [-0.15, -0.1) is 10.2 Å². The maximum absolute atomic E-state index is 11.7. The fourth-order valence-electron chi connectivity index (χ4n) is 3.14. The Labute approximate surface area is 197 Å². The molecule has 0 aliphatic rings. The minimum atomic E-state index is 0.366. The first-order valence-electron chi connectivity index (χ1n) is 8.70. The minimum absolute atomic E-state index is 0.366. The number of nitrogens with zero attached hydrogens (tertiary/aromatic N) is 6. The van der Waals surface area contributed by atoms with Crippen molar-refractivity contribution in [2.75, 3.05) is 5.84 Å². The van der Waals surface area contributed by atoms with Gasteiger partial charge in [-0.1, -0.05) is 45.2 Å². The highest BCUT2D eigenvalue weighted by Gasteiger charge is 2.19. The van der Waals surface area contributed by atoms with Crippen molar-refractivity contribution in [2.45, 2.75) is 10.2 Å². The van der Waals surface area contributed by atoms with Gasteiger partial charge in [0.15, 0.2) is 12.1 Å². The molecule has 2 aromatic carbocycles. The maximum atomic E-state index is 11.7. The van der Waals surface area contributed by atoms with Gasteiger partial charge in [-0.25, -0.2) is 14.6 Å². The number of halogens is 3. The first kappa shape index (κ1) is 20.3. The molecule has 8 nitrogen and oxygen atoms in total. The van der Waals surface area contributed by atoms with E-state index in [0.717, 1.165) is 21.7 Å². The number of nitrogen functional groups attached to an aromatic ring is 1. The number of carbonyl (C=O) groups excluding carboxylic acids is 1. The lowest BCUT2D eigenvalue weighted by atomic mass is 10.2. The first-order valence-corrected chi connectivity index (χ1v) is 11.1. The molecule has 0 aliphatic carbocycles. The molecule has 0 fully saturated rings. The normalized spacial score (nSPS) is 11.5. The van der Waals surface area contributed by atoms with E-state index in [-0.39, 0.29) is 0 Å². The van der Waals surface area contributed by atoms with Crippen LogP contribution in [0.1, 0.15) is 10.4 Å². The molecule has 5 aromatic rings. The standard InChI is InChI=1S/C19H10BrCl2N7OS/c20-10-1-2-11-9(7-30)6-28(16(11)3-10)17-18(31-19-27-24-8-29(19)23)26-15-5-13(22)12(21)4-14(15)25-17/h1-8H,23H2. The molecule has 0 radical (unpaired) electrons. The van der Waals surface area contributed by atoms with Crippen LogP contribution in [0.15, 0.2) is 57.5 Å². The summed E-state index contributed by atoms with van der Waals surface area (Å²) in [4.78, 5) is 21.2. The number of hydrogen-bond donors (Lipinski definition) is 1. The topological polar surface area (TPSA) is 105 Å². The molecule has 0 bridgehead atoms. The number of carbonyl (C=O) groups is 1. The van der Waals surface area contributed by atoms with Gasteiger partial charge in [-0.05, 0) is 36.0 Å². The summed E-state index contributed by atoms with van der Waals surface area (Å²) < 4.78 is 3.95. The molecule has 3 aromatic heterocycles. The van der Waals surface area contributed by atoms with Crippen molar-refractivity contribution in [1.29, 1.82) is 0 Å². The number of aldehydes is 1. The average molecular weight is 535 g/mol. The van der Waals surface area contributed by atoms with Crippen LogP contribution in [0.5, 0.6) is 0 Å². The Morgan fingerprint density at radius 2 is 1.84 bits per heavy atom. The Bertz CT molecular complexity index is 1500. The van der Waals surface area contributed by atoms with Gasteiger partial charge < -0.3 is 5.84 Å². The zero-order chi connectivity index (χ0) is 21.7. The molecule has 5 rings (SSSR count). The molecule has 0 amide bonds. The Balaban J connectivity index is 1.83. The molecule has 0 saturated heterocycles. The van der Waals surface area contributed by atoms with Gasteiger partial charge in [-0.2, -0.15) is 0 Å². The third-order valence-electron chi connectivity index (χ3n) is 4.54. The highest BCUT2D eigenvalue weighted by Crippen LogP contribution is 2.35. The Hall–Kier alpha value is -2.66. The molecule has 0 spiro atoms. The monoisotopic (exact) mass is 533 g/mol. The summed E-state index contributed by atoms with van der Waals surface area (Å²) in [5.41, 5.74) is 2.40. The second-order valence-electron chi connectivity index (χ2n) is 6.46. The van der Waals surface area contributed by atoms with Crippen LogP contribution >= 0.6 is 50.9 Å². The molecule has 0 aliphatic heterocycles. The van der Waals surface area contributed by atoms with E-state index < -0.39 is 0 Å². The molecule has 31 heavy (non-hydrogen) atoms. The summed E-state index contributed by atoms with van der Waals surface area (Å²) in [5, 5.41) is 10.3. The van der Waals surface area contributed by atoms with Crippen molar-refractivity contribution in [2.24, 2.45) is 0 Å². The van der Waals surface area contributed by atoms with Gasteiger partial charge in [0.2, 0.25) is 5.16 Å². The van der Waals surface area contributed by atoms with Crippen molar-refractivity contribution < 1.29 is 4.79 Å². The predicted molar refractivity (Wildman–Crippen MR) is 124 cm³/mol. The van der Waals surface area contributed by atoms with E-state index in [1.54, 1.807) is 22.9 Å². The summed E-state index contributed by atoms with van der Waals surface area (Å²) in [7, 11) is 0. The highest BCUT2D eigenvalue weighted by molar-refractivity contribution is 9.10. The second kappa shape index (κ2) is 7.79. The molecular weight excluding hydrogens is 525 g/mol. The lowest BCUT2D eigenvalue weighted by Gasteiger charge is -2.12. The lowest BCUT2D eigenvalue weighted by molar-refractivity contribution is 0.112. The average Bonchev–Trinajstić information content (AvgIpc) is 3.31. The third kappa shape index (κ3) is 3.55. The van der Waals surface area contributed by atoms with Crippen LogP contribution in [0.3, 0.4) is 0 Å². The molecule has 0 unspecified atom stereocenters. The van der Waals surface area contributed by atoms with Gasteiger partial charge in [-0.3, -0.25) is 9.36 Å². The predicted octanol–water partition coefficient (Wildman–Crippen LogP) is 4.91. The number of fused-ring (bicyclic) bond motifs is 2. The van der Waals surface area contributed by atoms with Crippen molar-refractivity contribution in [3.8, 4) is 5.82 Å². The summed E-state index contributed by atoms with van der Waals surface area (Å²) in [6.45, 7) is 0. The van der Waals surface area contributed by atoms with Crippen LogP contribution in [-0.4, -0.2) is 35.7 Å². The molecule has 12 heteroatoms. The van der Waals surface area contributed by atoms with Gasteiger partial charge in [0.1, 0.15) is 11.4 Å². The van der Waals surface area contributed by atoms with Gasteiger partial charge in [0, 0.05) is 21.6 Å². The van der Waals surface area contributed by atoms with E-state index in [2.05, 4.69) is 26.1 Å². The van der Waals surface area contributed by atoms with Gasteiger partial charge >= 0.3 is 0 Å². The second-order valence-corrected chi connectivity index (χ2v) is 9.15. The van der Waals surface area contributed by atoms with Crippen molar-refractivity contribution in [3.63, 3.8) is 0 Å². The summed E-state index contributed by atoms with van der Waals surface area (Å²) in [6.07, 6.45) is 3.91. The van der Waals surface area contributed by atoms with Crippen LogP contribution in [0.4, 0.5) is 0 Å². The SMILES string of the molecule is Nn1cnnc1Sc1nc2cc(Cl)c(Cl)cc2nc1-n1cc(C=O)c2ccc(Br)cc21. The Kier molecular flexibility index (Phi) is 5.09. The highest BCUT2D eigenvalue weighted by atomic mass is 79.9. The largest absolute Gasteiger partial charge is 0.336 e. The van der Waals surface area contributed by atoms with E-state index in [4.69, 9.17) is 39.0 Å². The first-order chi connectivity index (χ1) is 14.9. The fraction of sp³-hybridized carbons (Fsp3) is 0. The van der Waals surface area contributed by atoms with Crippen LogP contribution in [0.2, 0.25) is 10.0 Å². The summed E-state index contributed by atoms with van der Waals surface area (Å²) in [5.74, 6) is 6.38. The maximum Gasteiger partial charge on any atom is 0.215 e. The molecule has 0 atom stereocenters. The molecule has 0 saturated carbocycles. The molecule has 154 valence electrons. The summed E-state index contributed by atoms with van der Waals surface area (Å²) >= 11 is 17.1. The lowest BCUT2D eigenvalue weighted by Crippen LogP contribution is -2.08. The van der Waals surface area contributed by atoms with Crippen molar-refractivity contribution >= 4 is 79.1 Å². The molecular formula is C19H10BrCl2N7OS. The van der Waals surface area contributed by atoms with Crippen molar-refractivity contribution in [1.82, 2.24) is 29.4 Å². The summed E-state index contributed by atoms with van der Waals surface area (Å²) in [6, 6.07) is 8.95. The fourth-order valence-corrected chi connectivity index (χ4v) is 4.60. The van der Waals surface area contributed by atoms with Crippen LogP contribution in [0, 0.1) is 0 Å². The van der Waals surface area contributed by atoms with E-state index in [1.807, 2.05) is 18.2 Å². The van der Waals surface area contributed by atoms with Crippen LogP contribution in [0.25, 0.3) is 27.8 Å². The van der Waals surface area contributed by atoms with E-state index in [0.29, 0.717) is 42.6 Å². The number of rotatable bonds is 4. The van der Waals surface area contributed by atoms with E-state index in [1.165, 1.54) is 22.8 Å². The number of aromatic nitrogens is 6. The van der Waals surface area contributed by atoms with Crippen LogP contribution < -0.4 is 5.84 Å². The quantitative estimate of drug-likeness (QED) is 0.258. The van der Waals surface area contributed by atoms with Gasteiger partial charge in [0.05, 0.1) is 26.6 Å². The Morgan fingerprint density at radius 1 is 1.10 bits per heavy atom. The third-order valence-corrected chi connectivity index (χ3v) is 6.70. The smallest absolute Gasteiger partial charge is 0.215 e. The number of nitrogens with two attached hydrogens (primary N) is 1. The molecule has 2 N–H and O–H groups in total. The number of benzene rings is 2. The van der Waals surface area contributed by atoms with E-state index >= 15 is 0 Å². The minimum Gasteiger partial charge on any atom is -0.336 e. The van der Waals surface area contributed by atoms with Crippen molar-refractivity contribution in [3.05, 3.63) is 62.9 Å². The zero-order valence-corrected chi connectivity index (χ0v) is 19.2. The van der Waals surface area contributed by atoms with Gasteiger partial charge in [0.25, 0.3) is 0 Å². The van der Waals surface area contributed by atoms with Crippen LogP contribution in [-0.2, 0) is 0 Å². The zero-order valence-electron chi connectivity index (χ0n) is 15.3.